The smallest absolute Gasteiger partial charge is 0.0974 e. The highest BCUT2D eigenvalue weighted by Gasteiger charge is 1.69. The van der Waals surface area contributed by atoms with Gasteiger partial charge < -0.3 is 10.5 Å². The Labute approximate surface area is 44.6 Å². The average Bonchev–Trinajstić information content (AvgIpc) is 1.86. The van der Waals surface area contributed by atoms with Crippen LogP contribution in [0.3, 0.4) is 0 Å². The second-order valence-corrected chi connectivity index (χ2v) is 1.61. The third kappa shape index (κ3) is 1.67. The van der Waals surface area contributed by atoms with Gasteiger partial charge in [-0.05, 0) is 9.39 Å². The highest BCUT2D eigenvalue weighted by atomic mass is 31.0. The minimum Gasteiger partial charge on any atom is -0.344 e. The molecule has 0 saturated carbocycles. The lowest BCUT2D eigenvalue weighted by molar-refractivity contribution is 1.24. The van der Waals surface area contributed by atoms with E-state index in [1.807, 2.05) is 6.20 Å². The average molecular weight is 117 g/mol. The van der Waals surface area contributed by atoms with Gasteiger partial charge in [-0.3, -0.25) is 0 Å². The summed E-state index contributed by atoms with van der Waals surface area (Å²) in [4.78, 5) is 3.76. The monoisotopic (exact) mass is 117 g/mol. The molecular weight excluding hydrogens is 109 g/mol. The van der Waals surface area contributed by atoms with E-state index in [1.54, 1.807) is 16.9 Å². The maximum absolute atomic E-state index is 3.76. The van der Waals surface area contributed by atoms with Crippen LogP contribution in [0, 0.1) is 0 Å². The van der Waals surface area contributed by atoms with Crippen molar-refractivity contribution in [3.05, 3.63) is 18.7 Å². The van der Waals surface area contributed by atoms with Crippen molar-refractivity contribution in [1.82, 2.24) is 15.5 Å². The first-order chi connectivity index (χ1) is 2.89. The van der Waals surface area contributed by atoms with Gasteiger partial charge in [-0.2, -0.15) is 0 Å². The summed E-state index contributed by atoms with van der Waals surface area (Å²) >= 11 is 0. The van der Waals surface area contributed by atoms with Gasteiger partial charge in [0.15, 0.2) is 0 Å². The largest absolute Gasteiger partial charge is 0.344 e. The summed E-state index contributed by atoms with van der Waals surface area (Å²) in [7, 11) is 2.47. The first-order valence-electron chi connectivity index (χ1n) is 1.62. The standard InChI is InChI=1S/C3H5N2P.H3N/c6-5-2-1-4-3-5;/h1-3H,6H2;1H3. The molecule has 0 fully saturated rings. The number of hydrogen-bond acceptors (Lipinski definition) is 2. The van der Waals surface area contributed by atoms with Crippen molar-refractivity contribution >= 4 is 9.39 Å². The van der Waals surface area contributed by atoms with Gasteiger partial charge >= 0.3 is 0 Å². The molecule has 0 aliphatic rings. The lowest BCUT2D eigenvalue weighted by atomic mass is 11.0. The number of hydrogen-bond donors (Lipinski definition) is 1. The molecule has 0 aromatic carbocycles. The molecule has 0 amide bonds. The topological polar surface area (TPSA) is 52.8 Å². The van der Waals surface area contributed by atoms with Crippen molar-refractivity contribution in [3.63, 3.8) is 0 Å². The van der Waals surface area contributed by atoms with Gasteiger partial charge in [0.25, 0.3) is 0 Å². The zero-order valence-corrected chi connectivity index (χ0v) is 5.07. The summed E-state index contributed by atoms with van der Waals surface area (Å²) in [5.41, 5.74) is 0. The van der Waals surface area contributed by atoms with Crippen LogP contribution in [0.25, 0.3) is 0 Å². The van der Waals surface area contributed by atoms with Crippen LogP contribution >= 0.6 is 9.39 Å². The number of aromatic nitrogens is 2. The van der Waals surface area contributed by atoms with Gasteiger partial charge in [-0.15, -0.1) is 0 Å². The molecule has 3 N–H and O–H groups in total. The van der Waals surface area contributed by atoms with Gasteiger partial charge in [0.2, 0.25) is 0 Å². The molecule has 0 aliphatic heterocycles. The summed E-state index contributed by atoms with van der Waals surface area (Å²) in [6, 6.07) is 0. The number of imidazole rings is 1. The van der Waals surface area contributed by atoms with Gasteiger partial charge in [0.05, 0.1) is 6.33 Å². The Morgan fingerprint density at radius 3 is 2.43 bits per heavy atom. The third-order valence-electron chi connectivity index (χ3n) is 0.525. The van der Waals surface area contributed by atoms with E-state index in [0.717, 1.165) is 0 Å². The Bertz CT molecular complexity index is 114. The zero-order valence-electron chi connectivity index (χ0n) is 3.91. The Morgan fingerprint density at radius 1 is 1.57 bits per heavy atom. The van der Waals surface area contributed by atoms with Crippen LogP contribution < -0.4 is 6.15 Å². The quantitative estimate of drug-likeness (QED) is 0.508. The van der Waals surface area contributed by atoms with E-state index in [9.17, 15) is 0 Å². The van der Waals surface area contributed by atoms with Crippen molar-refractivity contribution in [1.29, 1.82) is 0 Å². The van der Waals surface area contributed by atoms with Gasteiger partial charge in [0, 0.05) is 12.4 Å². The molecular formula is C3H8N3P. The van der Waals surface area contributed by atoms with Crippen LogP contribution in [0.1, 0.15) is 0 Å². The second-order valence-electron chi connectivity index (χ2n) is 1.01. The van der Waals surface area contributed by atoms with E-state index in [2.05, 4.69) is 14.4 Å². The number of nitrogens with zero attached hydrogens (tertiary/aromatic N) is 2. The molecule has 4 heteroatoms. The fourth-order valence-corrected chi connectivity index (χ4v) is 0.423. The van der Waals surface area contributed by atoms with E-state index < -0.39 is 0 Å². The molecule has 40 valence electrons. The molecule has 3 nitrogen and oxygen atoms in total. The summed E-state index contributed by atoms with van der Waals surface area (Å²) in [5, 5.41) is 0. The molecule has 1 unspecified atom stereocenters. The molecule has 1 atom stereocenters. The Morgan fingerprint density at radius 2 is 2.29 bits per heavy atom. The molecule has 0 saturated heterocycles. The van der Waals surface area contributed by atoms with Gasteiger partial charge in [0.1, 0.15) is 0 Å². The lowest BCUT2D eigenvalue weighted by Gasteiger charge is -1.76. The molecule has 0 radical (unpaired) electrons. The van der Waals surface area contributed by atoms with Crippen LogP contribution in [-0.2, 0) is 0 Å². The summed E-state index contributed by atoms with van der Waals surface area (Å²) < 4.78 is 1.81. The van der Waals surface area contributed by atoms with Crippen molar-refractivity contribution in [2.45, 2.75) is 0 Å². The third-order valence-corrected chi connectivity index (χ3v) is 0.830. The van der Waals surface area contributed by atoms with E-state index in [0.29, 0.717) is 0 Å². The molecule has 1 rings (SSSR count). The zero-order chi connectivity index (χ0) is 4.41. The summed E-state index contributed by atoms with van der Waals surface area (Å²) in [6.45, 7) is 0. The molecule has 1 heterocycles. The molecule has 1 aromatic rings. The van der Waals surface area contributed by atoms with Crippen LogP contribution in [0.5, 0.6) is 0 Å². The maximum Gasteiger partial charge on any atom is 0.0974 e. The van der Waals surface area contributed by atoms with Crippen LogP contribution in [-0.4, -0.2) is 9.32 Å². The minimum atomic E-state index is 0. The Hall–Kier alpha value is -0.400. The molecule has 0 spiro atoms. The second kappa shape index (κ2) is 2.72. The van der Waals surface area contributed by atoms with E-state index >= 15 is 0 Å². The lowest BCUT2D eigenvalue weighted by Crippen LogP contribution is -1.63. The Balaban J connectivity index is 0.000000360. The number of rotatable bonds is 0. The predicted molar refractivity (Wildman–Crippen MR) is 32.4 cm³/mol. The minimum absolute atomic E-state index is 0. The van der Waals surface area contributed by atoms with Crippen molar-refractivity contribution in [2.75, 3.05) is 0 Å². The van der Waals surface area contributed by atoms with Crippen molar-refractivity contribution in [2.24, 2.45) is 0 Å². The SMILES string of the molecule is N.Pn1ccnc1. The van der Waals surface area contributed by atoms with Crippen LogP contribution in [0.2, 0.25) is 0 Å². The summed E-state index contributed by atoms with van der Waals surface area (Å²) in [6.07, 6.45) is 5.29. The molecule has 0 aliphatic carbocycles. The fourth-order valence-electron chi connectivity index (χ4n) is 0.269. The van der Waals surface area contributed by atoms with Gasteiger partial charge in [-0.25, -0.2) is 4.98 Å². The predicted octanol–water partition coefficient (Wildman–Crippen LogP) is 0.683. The van der Waals surface area contributed by atoms with Crippen molar-refractivity contribution in [3.8, 4) is 0 Å². The van der Waals surface area contributed by atoms with Crippen molar-refractivity contribution < 1.29 is 0 Å². The van der Waals surface area contributed by atoms with Crippen LogP contribution in [0.4, 0.5) is 0 Å². The maximum atomic E-state index is 3.76. The van der Waals surface area contributed by atoms with E-state index in [1.165, 1.54) is 0 Å². The molecule has 0 bridgehead atoms. The highest BCUT2D eigenvalue weighted by Crippen LogP contribution is 1.87. The highest BCUT2D eigenvalue weighted by molar-refractivity contribution is 7.14. The van der Waals surface area contributed by atoms with E-state index in [-0.39, 0.29) is 6.15 Å². The van der Waals surface area contributed by atoms with E-state index in [4.69, 9.17) is 0 Å². The summed E-state index contributed by atoms with van der Waals surface area (Å²) in [5.74, 6) is 0. The van der Waals surface area contributed by atoms with Gasteiger partial charge in [-0.1, -0.05) is 0 Å². The molecule has 1 aromatic heterocycles. The first kappa shape index (κ1) is 6.60. The fraction of sp³-hybridized carbons (Fsp3) is 0. The Kier molecular flexibility index (Phi) is 2.56. The normalized spacial score (nSPS) is 7.57. The first-order valence-corrected chi connectivity index (χ1v) is 2.14. The molecule has 7 heavy (non-hydrogen) atoms. The van der Waals surface area contributed by atoms with Crippen LogP contribution in [0.15, 0.2) is 18.7 Å².